The average molecular weight is 276 g/mol. The number of aliphatic hydroxyl groups is 1. The highest BCUT2D eigenvalue weighted by molar-refractivity contribution is 7.99. The van der Waals surface area contributed by atoms with Crippen LogP contribution in [-0.4, -0.2) is 35.6 Å². The summed E-state index contributed by atoms with van der Waals surface area (Å²) in [6.07, 6.45) is 0. The summed E-state index contributed by atoms with van der Waals surface area (Å²) in [6.45, 7) is 3.59. The van der Waals surface area contributed by atoms with E-state index in [1.165, 1.54) is 11.8 Å². The van der Waals surface area contributed by atoms with E-state index in [4.69, 9.17) is 0 Å². The topological polar surface area (TPSA) is 55.4 Å². The smallest absolute Gasteiger partial charge is 0.236 e. The van der Waals surface area contributed by atoms with Gasteiger partial charge in [0.15, 0.2) is 5.16 Å². The Bertz CT molecular complexity index is 738. The van der Waals surface area contributed by atoms with Crippen LogP contribution < -0.4 is 0 Å². The number of para-hydroxylation sites is 2. The van der Waals surface area contributed by atoms with Crippen LogP contribution in [0.1, 0.15) is 13.8 Å². The van der Waals surface area contributed by atoms with Crippen LogP contribution in [0.3, 0.4) is 0 Å². The molecule has 2 heterocycles. The van der Waals surface area contributed by atoms with Crippen LogP contribution in [0.2, 0.25) is 0 Å². The van der Waals surface area contributed by atoms with Crippen molar-refractivity contribution in [3.63, 3.8) is 0 Å². The Labute approximate surface area is 115 Å². The lowest BCUT2D eigenvalue weighted by Crippen LogP contribution is -2.21. The Kier molecular flexibility index (Phi) is 2.79. The summed E-state index contributed by atoms with van der Waals surface area (Å²) in [5.41, 5.74) is 1.49. The highest BCUT2D eigenvalue weighted by Gasteiger charge is 2.18. The molecule has 0 aliphatic carbocycles. The summed E-state index contributed by atoms with van der Waals surface area (Å²) in [7, 11) is 1.98. The van der Waals surface area contributed by atoms with Crippen LogP contribution in [0.5, 0.6) is 0 Å². The molecule has 0 saturated carbocycles. The fraction of sp³-hybridized carbons (Fsp3) is 0.385. The van der Waals surface area contributed by atoms with Crippen molar-refractivity contribution in [1.29, 1.82) is 0 Å². The van der Waals surface area contributed by atoms with Crippen LogP contribution in [-0.2, 0) is 7.05 Å². The zero-order valence-electron chi connectivity index (χ0n) is 11.2. The van der Waals surface area contributed by atoms with Crippen molar-refractivity contribution in [3.05, 3.63) is 24.3 Å². The molecule has 0 spiro atoms. The van der Waals surface area contributed by atoms with Crippen LogP contribution in [0.25, 0.3) is 16.8 Å². The number of hydrogen-bond donors (Lipinski definition) is 1. The third-order valence-electron chi connectivity index (χ3n) is 2.95. The maximum absolute atomic E-state index is 9.82. The van der Waals surface area contributed by atoms with Gasteiger partial charge in [0.25, 0.3) is 0 Å². The molecule has 0 amide bonds. The maximum atomic E-state index is 9.82. The molecule has 0 aliphatic heterocycles. The lowest BCUT2D eigenvalue weighted by atomic mass is 10.2. The zero-order valence-corrected chi connectivity index (χ0v) is 12.0. The summed E-state index contributed by atoms with van der Waals surface area (Å²) in [5.74, 6) is 1.40. The highest BCUT2D eigenvalue weighted by Crippen LogP contribution is 2.26. The van der Waals surface area contributed by atoms with Crippen molar-refractivity contribution in [1.82, 2.24) is 19.2 Å². The number of benzene rings is 1. The van der Waals surface area contributed by atoms with Gasteiger partial charge in [-0.3, -0.25) is 4.40 Å². The standard InChI is InChI=1S/C13H16N4OS/c1-13(2,18)8-19-12-15-14-11-16(3)9-6-4-5-7-10(9)17(11)12/h4-7,18H,8H2,1-3H3. The molecule has 3 rings (SSSR count). The molecule has 19 heavy (non-hydrogen) atoms. The molecule has 2 aromatic heterocycles. The van der Waals surface area contributed by atoms with E-state index in [0.717, 1.165) is 22.0 Å². The number of hydrogen-bond acceptors (Lipinski definition) is 4. The summed E-state index contributed by atoms with van der Waals surface area (Å²) in [5, 5.41) is 19.1. The van der Waals surface area contributed by atoms with E-state index >= 15 is 0 Å². The number of imidazole rings is 1. The highest BCUT2D eigenvalue weighted by atomic mass is 32.2. The largest absolute Gasteiger partial charge is 0.390 e. The molecule has 6 heteroatoms. The van der Waals surface area contributed by atoms with Crippen LogP contribution in [0, 0.1) is 0 Å². The minimum atomic E-state index is -0.721. The second kappa shape index (κ2) is 4.25. The molecule has 1 N–H and O–H groups in total. The molecule has 3 aromatic rings. The van der Waals surface area contributed by atoms with E-state index in [2.05, 4.69) is 22.3 Å². The third kappa shape index (κ3) is 2.11. The van der Waals surface area contributed by atoms with Gasteiger partial charge >= 0.3 is 0 Å². The lowest BCUT2D eigenvalue weighted by molar-refractivity contribution is 0.107. The third-order valence-corrected chi connectivity index (χ3v) is 4.33. The van der Waals surface area contributed by atoms with Crippen molar-refractivity contribution < 1.29 is 5.11 Å². The van der Waals surface area contributed by atoms with E-state index in [0.29, 0.717) is 5.75 Å². The minimum Gasteiger partial charge on any atom is -0.390 e. The molecule has 0 aliphatic rings. The zero-order chi connectivity index (χ0) is 13.6. The van der Waals surface area contributed by atoms with Gasteiger partial charge in [0, 0.05) is 12.8 Å². The molecule has 0 fully saturated rings. The molecular formula is C13H16N4OS. The van der Waals surface area contributed by atoms with Gasteiger partial charge in [0.2, 0.25) is 5.78 Å². The molecule has 0 saturated heterocycles. The summed E-state index contributed by atoms with van der Waals surface area (Å²) >= 11 is 1.52. The van der Waals surface area contributed by atoms with Gasteiger partial charge in [-0.25, -0.2) is 0 Å². The Balaban J connectivity index is 2.14. The SMILES string of the molecule is Cn1c2ccccc2n2c(SCC(C)(C)O)nnc12. The van der Waals surface area contributed by atoms with Gasteiger partial charge in [-0.15, -0.1) is 10.2 Å². The normalized spacial score (nSPS) is 12.6. The first-order valence-corrected chi connectivity index (χ1v) is 7.10. The van der Waals surface area contributed by atoms with E-state index in [-0.39, 0.29) is 0 Å². The molecule has 0 atom stereocenters. The van der Waals surface area contributed by atoms with Crippen LogP contribution >= 0.6 is 11.8 Å². The van der Waals surface area contributed by atoms with Crippen LogP contribution in [0.15, 0.2) is 29.4 Å². The first-order chi connectivity index (χ1) is 8.97. The second-order valence-corrected chi connectivity index (χ2v) is 6.21. The summed E-state index contributed by atoms with van der Waals surface area (Å²) in [6, 6.07) is 8.14. The number of aryl methyl sites for hydroxylation is 1. The summed E-state index contributed by atoms with van der Waals surface area (Å²) in [4.78, 5) is 0. The van der Waals surface area contributed by atoms with Crippen LogP contribution in [0.4, 0.5) is 0 Å². The number of thioether (sulfide) groups is 1. The van der Waals surface area contributed by atoms with E-state index in [9.17, 15) is 5.11 Å². The van der Waals surface area contributed by atoms with Crippen molar-refractivity contribution in [3.8, 4) is 0 Å². The fourth-order valence-electron chi connectivity index (χ4n) is 2.07. The first kappa shape index (κ1) is 12.5. The number of nitrogens with zero attached hydrogens (tertiary/aromatic N) is 4. The molecule has 1 aromatic carbocycles. The monoisotopic (exact) mass is 276 g/mol. The predicted octanol–water partition coefficient (Wildman–Crippen LogP) is 2.08. The molecule has 0 radical (unpaired) electrons. The minimum absolute atomic E-state index is 0.580. The maximum Gasteiger partial charge on any atom is 0.236 e. The Morgan fingerprint density at radius 1 is 1.21 bits per heavy atom. The Morgan fingerprint density at radius 3 is 2.58 bits per heavy atom. The van der Waals surface area contributed by atoms with Crippen molar-refractivity contribution in [2.24, 2.45) is 7.05 Å². The van der Waals surface area contributed by atoms with Gasteiger partial charge in [-0.1, -0.05) is 23.9 Å². The van der Waals surface area contributed by atoms with Crippen molar-refractivity contribution in [2.45, 2.75) is 24.6 Å². The molecule has 100 valence electrons. The molecule has 0 unspecified atom stereocenters. The number of fused-ring (bicyclic) bond motifs is 3. The van der Waals surface area contributed by atoms with Crippen molar-refractivity contribution in [2.75, 3.05) is 5.75 Å². The van der Waals surface area contributed by atoms with Gasteiger partial charge in [-0.2, -0.15) is 0 Å². The molecular weight excluding hydrogens is 260 g/mol. The summed E-state index contributed by atoms with van der Waals surface area (Å²) < 4.78 is 4.06. The van der Waals surface area contributed by atoms with E-state index in [1.54, 1.807) is 13.8 Å². The quantitative estimate of drug-likeness (QED) is 0.744. The van der Waals surface area contributed by atoms with Gasteiger partial charge in [0.1, 0.15) is 0 Å². The molecule has 0 bridgehead atoms. The van der Waals surface area contributed by atoms with Gasteiger partial charge in [-0.05, 0) is 26.0 Å². The Hall–Kier alpha value is -1.53. The second-order valence-electron chi connectivity index (χ2n) is 5.27. The van der Waals surface area contributed by atoms with E-state index in [1.807, 2.05) is 28.1 Å². The predicted molar refractivity (Wildman–Crippen MR) is 76.5 cm³/mol. The average Bonchev–Trinajstić information content (AvgIpc) is 2.88. The molecule has 5 nitrogen and oxygen atoms in total. The lowest BCUT2D eigenvalue weighted by Gasteiger charge is -2.14. The first-order valence-electron chi connectivity index (χ1n) is 6.11. The number of aromatic nitrogens is 4. The van der Waals surface area contributed by atoms with Crippen molar-refractivity contribution >= 4 is 28.6 Å². The van der Waals surface area contributed by atoms with Gasteiger partial charge < -0.3 is 9.67 Å². The van der Waals surface area contributed by atoms with Gasteiger partial charge in [0.05, 0.1) is 16.6 Å². The van der Waals surface area contributed by atoms with E-state index < -0.39 is 5.60 Å². The number of rotatable bonds is 3. The fourth-order valence-corrected chi connectivity index (χ4v) is 2.96. The Morgan fingerprint density at radius 2 is 1.89 bits per heavy atom.